The monoisotopic (exact) mass is 324 g/mol. The number of aryl methyl sites for hydroxylation is 2. The zero-order chi connectivity index (χ0) is 18.1. The lowest BCUT2D eigenvalue weighted by Crippen LogP contribution is -2.25. The van der Waals surface area contributed by atoms with Crippen LogP contribution in [0.3, 0.4) is 0 Å². The minimum Gasteiger partial charge on any atom is -0.298 e. The van der Waals surface area contributed by atoms with Crippen molar-refractivity contribution in [2.24, 2.45) is 4.99 Å². The molecule has 0 radical (unpaired) electrons. The van der Waals surface area contributed by atoms with Gasteiger partial charge in [0, 0.05) is 13.3 Å². The Labute approximate surface area is 146 Å². The lowest BCUT2D eigenvalue weighted by atomic mass is 10.0. The molecule has 2 rings (SSSR count). The summed E-state index contributed by atoms with van der Waals surface area (Å²) in [4.78, 5) is 17.3. The molecule has 3 nitrogen and oxygen atoms in total. The molecule has 1 atom stereocenters. The lowest BCUT2D eigenvalue weighted by Gasteiger charge is -2.21. The number of ketones is 1. The molecular weight excluding hydrogens is 296 g/mol. The van der Waals surface area contributed by atoms with Crippen molar-refractivity contribution in [3.05, 3.63) is 70.8 Å². The molecule has 0 fully saturated rings. The SMILES string of the molecule is CC(=O)C(c1ccc(C)cc1)N(C)C.CN=Cc1ccc(C)cc1. The molecule has 2 aromatic carbocycles. The molecule has 0 saturated carbocycles. The molecule has 3 heteroatoms. The number of rotatable bonds is 4. The predicted octanol–water partition coefficient (Wildman–Crippen LogP) is 4.23. The van der Waals surface area contributed by atoms with Crippen molar-refractivity contribution in [1.29, 1.82) is 0 Å². The Kier molecular flexibility index (Phi) is 8.07. The van der Waals surface area contributed by atoms with Gasteiger partial charge in [0.1, 0.15) is 0 Å². The van der Waals surface area contributed by atoms with Gasteiger partial charge in [0.15, 0.2) is 5.78 Å². The minimum atomic E-state index is -0.115. The standard InChI is InChI=1S/C12H17NO.C9H11N/c1-9-5-7-11(8-6-9)12(10(2)14)13(3)4;1-8-3-5-9(6-4-8)7-10-2/h5-8,12H,1-4H3;3-7H,1-2H3. The first kappa shape index (κ1) is 19.8. The van der Waals surface area contributed by atoms with Crippen LogP contribution < -0.4 is 0 Å². The van der Waals surface area contributed by atoms with Gasteiger partial charge in [0.05, 0.1) is 6.04 Å². The maximum atomic E-state index is 11.4. The summed E-state index contributed by atoms with van der Waals surface area (Å²) in [6.45, 7) is 5.75. The first-order valence-electron chi connectivity index (χ1n) is 8.07. The number of hydrogen-bond acceptors (Lipinski definition) is 3. The summed E-state index contributed by atoms with van der Waals surface area (Å²) < 4.78 is 0. The predicted molar refractivity (Wildman–Crippen MR) is 103 cm³/mol. The van der Waals surface area contributed by atoms with Crippen LogP contribution in [-0.4, -0.2) is 38.0 Å². The molecule has 0 bridgehead atoms. The van der Waals surface area contributed by atoms with E-state index < -0.39 is 0 Å². The third-order valence-corrected chi connectivity index (χ3v) is 3.65. The van der Waals surface area contributed by atoms with Gasteiger partial charge >= 0.3 is 0 Å². The molecule has 0 N–H and O–H groups in total. The van der Waals surface area contributed by atoms with E-state index in [1.807, 2.05) is 56.4 Å². The second-order valence-corrected chi connectivity index (χ2v) is 6.19. The second-order valence-electron chi connectivity index (χ2n) is 6.19. The molecule has 0 aromatic heterocycles. The Morgan fingerprint density at radius 3 is 1.79 bits per heavy atom. The number of benzene rings is 2. The van der Waals surface area contributed by atoms with Gasteiger partial charge in [-0.3, -0.25) is 14.7 Å². The van der Waals surface area contributed by atoms with Crippen LogP contribution in [0.25, 0.3) is 0 Å². The van der Waals surface area contributed by atoms with E-state index >= 15 is 0 Å². The average molecular weight is 324 g/mol. The number of carbonyl (C=O) groups is 1. The van der Waals surface area contributed by atoms with Crippen molar-refractivity contribution in [3.8, 4) is 0 Å². The highest BCUT2D eigenvalue weighted by molar-refractivity contribution is 5.82. The molecule has 24 heavy (non-hydrogen) atoms. The van der Waals surface area contributed by atoms with E-state index in [9.17, 15) is 4.79 Å². The van der Waals surface area contributed by atoms with Crippen LogP contribution in [-0.2, 0) is 4.79 Å². The topological polar surface area (TPSA) is 32.7 Å². The van der Waals surface area contributed by atoms with Crippen LogP contribution in [0.1, 0.15) is 35.2 Å². The van der Waals surface area contributed by atoms with Crippen molar-refractivity contribution in [2.75, 3.05) is 21.1 Å². The number of carbonyl (C=O) groups excluding carboxylic acids is 1. The summed E-state index contributed by atoms with van der Waals surface area (Å²) in [5.41, 5.74) is 4.73. The molecule has 0 heterocycles. The maximum absolute atomic E-state index is 11.4. The normalized spacial score (nSPS) is 12.0. The average Bonchev–Trinajstić information content (AvgIpc) is 2.52. The fraction of sp³-hybridized carbons (Fsp3) is 0.333. The smallest absolute Gasteiger partial charge is 0.151 e. The first-order chi connectivity index (χ1) is 11.3. The number of hydrogen-bond donors (Lipinski definition) is 0. The van der Waals surface area contributed by atoms with Crippen molar-refractivity contribution in [2.45, 2.75) is 26.8 Å². The lowest BCUT2D eigenvalue weighted by molar-refractivity contribution is -0.121. The molecule has 2 aromatic rings. The summed E-state index contributed by atoms with van der Waals surface area (Å²) in [6, 6.07) is 16.3. The molecule has 1 unspecified atom stereocenters. The van der Waals surface area contributed by atoms with Gasteiger partial charge in [-0.2, -0.15) is 0 Å². The molecular formula is C21H28N2O. The van der Waals surface area contributed by atoms with E-state index in [0.29, 0.717) is 0 Å². The second kappa shape index (κ2) is 9.78. The molecule has 0 saturated heterocycles. The third kappa shape index (κ3) is 6.47. The summed E-state index contributed by atoms with van der Waals surface area (Å²) >= 11 is 0. The van der Waals surface area contributed by atoms with E-state index in [4.69, 9.17) is 0 Å². The number of nitrogens with zero attached hydrogens (tertiary/aromatic N) is 2. The molecule has 0 aliphatic carbocycles. The van der Waals surface area contributed by atoms with Crippen LogP contribution >= 0.6 is 0 Å². The van der Waals surface area contributed by atoms with Crippen LogP contribution in [0.5, 0.6) is 0 Å². The van der Waals surface area contributed by atoms with Gasteiger partial charge in [0.2, 0.25) is 0 Å². The van der Waals surface area contributed by atoms with Crippen molar-refractivity contribution < 1.29 is 4.79 Å². The van der Waals surface area contributed by atoms with Crippen LogP contribution in [0.15, 0.2) is 53.5 Å². The van der Waals surface area contributed by atoms with Crippen LogP contribution in [0.4, 0.5) is 0 Å². The van der Waals surface area contributed by atoms with Crippen LogP contribution in [0, 0.1) is 13.8 Å². The molecule has 0 aliphatic heterocycles. The Bertz CT molecular complexity index is 655. The van der Waals surface area contributed by atoms with E-state index in [0.717, 1.165) is 11.1 Å². The van der Waals surface area contributed by atoms with E-state index in [2.05, 4.69) is 36.2 Å². The van der Waals surface area contributed by atoms with Gasteiger partial charge < -0.3 is 0 Å². The van der Waals surface area contributed by atoms with Gasteiger partial charge in [-0.25, -0.2) is 0 Å². The highest BCUT2D eigenvalue weighted by Gasteiger charge is 2.18. The molecule has 0 aliphatic rings. The van der Waals surface area contributed by atoms with E-state index in [1.54, 1.807) is 14.0 Å². The van der Waals surface area contributed by atoms with Gasteiger partial charge in [-0.05, 0) is 46.0 Å². The summed E-state index contributed by atoms with van der Waals surface area (Å²) in [5, 5.41) is 0. The van der Waals surface area contributed by atoms with Crippen molar-refractivity contribution >= 4 is 12.0 Å². The summed E-state index contributed by atoms with van der Waals surface area (Å²) in [5.74, 6) is 0.179. The zero-order valence-corrected chi connectivity index (χ0v) is 15.6. The van der Waals surface area contributed by atoms with Gasteiger partial charge in [-0.15, -0.1) is 0 Å². The fourth-order valence-corrected chi connectivity index (χ4v) is 2.45. The number of Topliss-reactive ketones (excluding diaryl/α,β-unsaturated/α-hetero) is 1. The molecule has 128 valence electrons. The Hall–Kier alpha value is -2.26. The quantitative estimate of drug-likeness (QED) is 0.788. The Morgan fingerprint density at radius 1 is 0.958 bits per heavy atom. The fourth-order valence-electron chi connectivity index (χ4n) is 2.45. The maximum Gasteiger partial charge on any atom is 0.151 e. The van der Waals surface area contributed by atoms with Gasteiger partial charge in [-0.1, -0.05) is 59.7 Å². The van der Waals surface area contributed by atoms with Gasteiger partial charge in [0.25, 0.3) is 0 Å². The zero-order valence-electron chi connectivity index (χ0n) is 15.6. The molecule has 0 amide bonds. The molecule has 0 spiro atoms. The van der Waals surface area contributed by atoms with E-state index in [1.165, 1.54) is 11.1 Å². The van der Waals surface area contributed by atoms with Crippen LogP contribution in [0.2, 0.25) is 0 Å². The van der Waals surface area contributed by atoms with Crippen molar-refractivity contribution in [1.82, 2.24) is 4.90 Å². The summed E-state index contributed by atoms with van der Waals surface area (Å²) in [7, 11) is 5.62. The third-order valence-electron chi connectivity index (χ3n) is 3.65. The number of aliphatic imine (C=N–C) groups is 1. The highest BCUT2D eigenvalue weighted by atomic mass is 16.1. The number of likely N-dealkylation sites (N-methyl/N-ethyl adjacent to an activating group) is 1. The highest BCUT2D eigenvalue weighted by Crippen LogP contribution is 2.19. The van der Waals surface area contributed by atoms with E-state index in [-0.39, 0.29) is 11.8 Å². The minimum absolute atomic E-state index is 0.115. The largest absolute Gasteiger partial charge is 0.298 e. The Balaban J connectivity index is 0.000000254. The Morgan fingerprint density at radius 2 is 1.42 bits per heavy atom. The first-order valence-corrected chi connectivity index (χ1v) is 8.07. The summed E-state index contributed by atoms with van der Waals surface area (Å²) in [6.07, 6.45) is 1.85. The van der Waals surface area contributed by atoms with Crippen molar-refractivity contribution in [3.63, 3.8) is 0 Å².